The standard InChI is InChI=1S/C11H13N5/c1-15-8-9(7-14-15)11(6-13)16-4-2-3-10(16)5-12/h2-4,7-8,11H,6,13H2,1H3. The van der Waals surface area contributed by atoms with E-state index in [2.05, 4.69) is 11.2 Å². The molecule has 2 aromatic heterocycles. The van der Waals surface area contributed by atoms with Crippen molar-refractivity contribution in [3.63, 3.8) is 0 Å². The molecule has 0 bridgehead atoms. The molecule has 0 amide bonds. The summed E-state index contributed by atoms with van der Waals surface area (Å²) in [5.41, 5.74) is 7.38. The van der Waals surface area contributed by atoms with Crippen molar-refractivity contribution in [1.29, 1.82) is 5.26 Å². The average molecular weight is 215 g/mol. The fourth-order valence-electron chi connectivity index (χ4n) is 1.78. The first-order chi connectivity index (χ1) is 7.76. The Morgan fingerprint density at radius 2 is 2.44 bits per heavy atom. The van der Waals surface area contributed by atoms with E-state index in [9.17, 15) is 0 Å². The van der Waals surface area contributed by atoms with E-state index in [-0.39, 0.29) is 6.04 Å². The van der Waals surface area contributed by atoms with E-state index in [1.165, 1.54) is 0 Å². The van der Waals surface area contributed by atoms with Crippen molar-refractivity contribution in [1.82, 2.24) is 14.3 Å². The molecule has 1 atom stereocenters. The molecule has 0 aromatic carbocycles. The van der Waals surface area contributed by atoms with Crippen LogP contribution in [0.3, 0.4) is 0 Å². The van der Waals surface area contributed by atoms with Gasteiger partial charge in [0.15, 0.2) is 0 Å². The summed E-state index contributed by atoms with van der Waals surface area (Å²) in [6.07, 6.45) is 5.56. The van der Waals surface area contributed by atoms with Crippen molar-refractivity contribution in [2.75, 3.05) is 6.54 Å². The summed E-state index contributed by atoms with van der Waals surface area (Å²) in [7, 11) is 1.86. The van der Waals surface area contributed by atoms with Gasteiger partial charge in [0.25, 0.3) is 0 Å². The highest BCUT2D eigenvalue weighted by Crippen LogP contribution is 2.18. The molecule has 82 valence electrons. The number of hydrogen-bond donors (Lipinski definition) is 1. The fraction of sp³-hybridized carbons (Fsp3) is 0.273. The molecule has 0 aliphatic carbocycles. The Labute approximate surface area is 93.7 Å². The molecule has 2 rings (SSSR count). The molecule has 5 nitrogen and oxygen atoms in total. The topological polar surface area (TPSA) is 72.6 Å². The largest absolute Gasteiger partial charge is 0.331 e. The Bertz CT molecular complexity index is 516. The van der Waals surface area contributed by atoms with Crippen LogP contribution in [0, 0.1) is 11.3 Å². The smallest absolute Gasteiger partial charge is 0.120 e. The minimum absolute atomic E-state index is 0.0293. The summed E-state index contributed by atoms with van der Waals surface area (Å²) in [6, 6.07) is 5.74. The van der Waals surface area contributed by atoms with Gasteiger partial charge in [-0.25, -0.2) is 0 Å². The summed E-state index contributed by atoms with van der Waals surface area (Å²) in [6.45, 7) is 0.440. The number of nitriles is 1. The highest BCUT2D eigenvalue weighted by atomic mass is 15.2. The molecule has 5 heteroatoms. The number of hydrogen-bond acceptors (Lipinski definition) is 3. The Kier molecular flexibility index (Phi) is 2.75. The van der Waals surface area contributed by atoms with Gasteiger partial charge in [-0.15, -0.1) is 0 Å². The van der Waals surface area contributed by atoms with E-state index in [0.29, 0.717) is 12.2 Å². The van der Waals surface area contributed by atoms with Crippen LogP contribution in [0.25, 0.3) is 0 Å². The third kappa shape index (κ3) is 1.71. The van der Waals surface area contributed by atoms with Crippen LogP contribution in [-0.4, -0.2) is 20.9 Å². The minimum atomic E-state index is -0.0293. The van der Waals surface area contributed by atoms with Crippen molar-refractivity contribution < 1.29 is 0 Å². The number of nitrogens with two attached hydrogens (primary N) is 1. The van der Waals surface area contributed by atoms with E-state index in [1.807, 2.05) is 30.1 Å². The van der Waals surface area contributed by atoms with Crippen molar-refractivity contribution in [2.45, 2.75) is 6.04 Å². The number of nitrogens with zero attached hydrogens (tertiary/aromatic N) is 4. The maximum atomic E-state index is 8.97. The lowest BCUT2D eigenvalue weighted by Crippen LogP contribution is -2.20. The van der Waals surface area contributed by atoms with Crippen LogP contribution in [0.1, 0.15) is 17.3 Å². The van der Waals surface area contributed by atoms with Gasteiger partial charge >= 0.3 is 0 Å². The second-order valence-electron chi connectivity index (χ2n) is 3.61. The third-order valence-electron chi connectivity index (χ3n) is 2.56. The molecule has 0 aliphatic heterocycles. The molecule has 0 saturated heterocycles. The van der Waals surface area contributed by atoms with Gasteiger partial charge in [0, 0.05) is 31.5 Å². The predicted octanol–water partition coefficient (Wildman–Crippen LogP) is 0.641. The molecule has 2 aromatic rings. The van der Waals surface area contributed by atoms with Gasteiger partial charge in [-0.3, -0.25) is 4.68 Å². The summed E-state index contributed by atoms with van der Waals surface area (Å²) in [4.78, 5) is 0. The normalized spacial score (nSPS) is 12.3. The van der Waals surface area contributed by atoms with Gasteiger partial charge < -0.3 is 10.3 Å². The maximum Gasteiger partial charge on any atom is 0.120 e. The fourth-order valence-corrected chi connectivity index (χ4v) is 1.78. The van der Waals surface area contributed by atoms with Gasteiger partial charge in [0.05, 0.1) is 12.2 Å². The van der Waals surface area contributed by atoms with Crippen molar-refractivity contribution >= 4 is 0 Å². The molecular weight excluding hydrogens is 202 g/mol. The van der Waals surface area contributed by atoms with Crippen molar-refractivity contribution in [2.24, 2.45) is 12.8 Å². The molecule has 16 heavy (non-hydrogen) atoms. The van der Waals surface area contributed by atoms with Gasteiger partial charge in [-0.1, -0.05) is 0 Å². The van der Waals surface area contributed by atoms with Crippen LogP contribution in [0.2, 0.25) is 0 Å². The third-order valence-corrected chi connectivity index (χ3v) is 2.56. The number of rotatable bonds is 3. The first-order valence-corrected chi connectivity index (χ1v) is 5.02. The highest BCUT2D eigenvalue weighted by molar-refractivity contribution is 5.26. The Hall–Kier alpha value is -2.06. The summed E-state index contributed by atoms with van der Waals surface area (Å²) < 4.78 is 3.60. The first kappa shape index (κ1) is 10.5. The quantitative estimate of drug-likeness (QED) is 0.816. The average Bonchev–Trinajstić information content (AvgIpc) is 2.89. The number of aryl methyl sites for hydroxylation is 1. The van der Waals surface area contributed by atoms with Crippen LogP contribution < -0.4 is 5.73 Å². The zero-order chi connectivity index (χ0) is 11.5. The highest BCUT2D eigenvalue weighted by Gasteiger charge is 2.15. The Morgan fingerprint density at radius 3 is 3.00 bits per heavy atom. The number of aromatic nitrogens is 3. The SMILES string of the molecule is Cn1cc(C(CN)n2cccc2C#N)cn1. The zero-order valence-corrected chi connectivity index (χ0v) is 9.04. The lowest BCUT2D eigenvalue weighted by Gasteiger charge is -2.16. The van der Waals surface area contributed by atoms with Gasteiger partial charge in [0.2, 0.25) is 0 Å². The molecule has 2 N–H and O–H groups in total. The zero-order valence-electron chi connectivity index (χ0n) is 9.04. The molecule has 0 spiro atoms. The monoisotopic (exact) mass is 215 g/mol. The van der Waals surface area contributed by atoms with Gasteiger partial charge in [-0.05, 0) is 12.1 Å². The molecule has 0 radical (unpaired) electrons. The molecule has 1 unspecified atom stereocenters. The Morgan fingerprint density at radius 1 is 1.62 bits per heavy atom. The van der Waals surface area contributed by atoms with Crippen molar-refractivity contribution in [3.05, 3.63) is 42.0 Å². The van der Waals surface area contributed by atoms with Crippen LogP contribution in [0.5, 0.6) is 0 Å². The molecule has 2 heterocycles. The molecule has 0 aliphatic rings. The molecule has 0 fully saturated rings. The van der Waals surface area contributed by atoms with Crippen LogP contribution in [0.4, 0.5) is 0 Å². The second kappa shape index (κ2) is 4.21. The lowest BCUT2D eigenvalue weighted by atomic mass is 10.1. The van der Waals surface area contributed by atoms with E-state index < -0.39 is 0 Å². The molecule has 0 saturated carbocycles. The first-order valence-electron chi connectivity index (χ1n) is 5.02. The summed E-state index contributed by atoms with van der Waals surface area (Å²) in [5.74, 6) is 0. The summed E-state index contributed by atoms with van der Waals surface area (Å²) >= 11 is 0. The van der Waals surface area contributed by atoms with Crippen molar-refractivity contribution in [3.8, 4) is 6.07 Å². The van der Waals surface area contributed by atoms with Gasteiger partial charge in [-0.2, -0.15) is 10.4 Å². The Balaban J connectivity index is 2.41. The second-order valence-corrected chi connectivity index (χ2v) is 3.61. The lowest BCUT2D eigenvalue weighted by molar-refractivity contribution is 0.591. The van der Waals surface area contributed by atoms with Crippen LogP contribution >= 0.6 is 0 Å². The van der Waals surface area contributed by atoms with Gasteiger partial charge in [0.1, 0.15) is 11.8 Å². The predicted molar refractivity (Wildman–Crippen MR) is 59.5 cm³/mol. The summed E-state index contributed by atoms with van der Waals surface area (Å²) in [5, 5.41) is 13.1. The van der Waals surface area contributed by atoms with E-state index in [4.69, 9.17) is 11.0 Å². The molecular formula is C11H13N5. The minimum Gasteiger partial charge on any atom is -0.331 e. The van der Waals surface area contributed by atoms with E-state index >= 15 is 0 Å². The van der Waals surface area contributed by atoms with Crippen LogP contribution in [-0.2, 0) is 7.05 Å². The van der Waals surface area contributed by atoms with E-state index in [1.54, 1.807) is 16.9 Å². The van der Waals surface area contributed by atoms with Crippen LogP contribution in [0.15, 0.2) is 30.7 Å². The maximum absolute atomic E-state index is 8.97. The van der Waals surface area contributed by atoms with E-state index in [0.717, 1.165) is 5.56 Å².